The largest absolute Gasteiger partial charge is 0.478 e. The van der Waals surface area contributed by atoms with Gasteiger partial charge in [0.25, 0.3) is 0 Å². The minimum absolute atomic E-state index is 0.115. The summed E-state index contributed by atoms with van der Waals surface area (Å²) in [4.78, 5) is 23.0. The predicted octanol–water partition coefficient (Wildman–Crippen LogP) is 4.11. The molecule has 8 atom stereocenters. The Labute approximate surface area is 176 Å². The molecule has 30 heavy (non-hydrogen) atoms. The number of hydrogen-bond donors (Lipinski definition) is 1. The number of benzene rings is 1. The van der Waals surface area contributed by atoms with Gasteiger partial charge in [-0.25, -0.2) is 14.6 Å². The summed E-state index contributed by atoms with van der Waals surface area (Å²) in [5.74, 6) is -0.539. The van der Waals surface area contributed by atoms with Gasteiger partial charge in [-0.2, -0.15) is 0 Å². The van der Waals surface area contributed by atoms with E-state index >= 15 is 0 Å². The zero-order chi connectivity index (χ0) is 21.1. The lowest BCUT2D eigenvalue weighted by Gasteiger charge is -2.60. The van der Waals surface area contributed by atoms with Crippen LogP contribution in [0.3, 0.4) is 0 Å². The van der Waals surface area contributed by atoms with E-state index in [0.29, 0.717) is 18.4 Å². The van der Waals surface area contributed by atoms with E-state index in [0.717, 1.165) is 31.2 Å². The number of carbonyl (C=O) groups is 1. The molecule has 4 heterocycles. The maximum absolute atomic E-state index is 11.0. The van der Waals surface area contributed by atoms with Crippen LogP contribution in [0.2, 0.25) is 0 Å². The second kappa shape index (κ2) is 7.28. The molecule has 1 spiro atoms. The van der Waals surface area contributed by atoms with Gasteiger partial charge in [-0.3, -0.25) is 0 Å². The lowest BCUT2D eigenvalue weighted by atomic mass is 9.58. The number of carboxylic acid groups (broad SMARTS) is 1. The van der Waals surface area contributed by atoms with Crippen molar-refractivity contribution in [3.05, 3.63) is 35.4 Å². The fourth-order valence-electron chi connectivity index (χ4n) is 5.98. The van der Waals surface area contributed by atoms with Gasteiger partial charge < -0.3 is 19.3 Å². The summed E-state index contributed by atoms with van der Waals surface area (Å²) in [5, 5.41) is 9.06. The Morgan fingerprint density at radius 3 is 2.63 bits per heavy atom. The number of carboxylic acids is 1. The summed E-state index contributed by atoms with van der Waals surface area (Å²) in [6, 6.07) is 6.74. The highest BCUT2D eigenvalue weighted by Crippen LogP contribution is 2.60. The van der Waals surface area contributed by atoms with Crippen molar-refractivity contribution in [3.8, 4) is 0 Å². The Bertz CT molecular complexity index is 810. The molecule has 2 unspecified atom stereocenters. The molecule has 4 aliphatic heterocycles. The molecule has 1 N–H and O–H groups in total. The predicted molar refractivity (Wildman–Crippen MR) is 105 cm³/mol. The molecular formula is C23H30O7. The van der Waals surface area contributed by atoms with Crippen molar-refractivity contribution in [2.75, 3.05) is 0 Å². The van der Waals surface area contributed by atoms with Crippen LogP contribution < -0.4 is 0 Å². The lowest BCUT2D eigenvalue weighted by molar-refractivity contribution is -0.577. The number of fused-ring (bicyclic) bond motifs is 2. The SMILES string of the molecule is C[C@H]1[C@@H](OCc2ccc(C(=O)O)cc2)O[C@@H]2O[C@]3(C)CCC4[C@H](C)CC[C@@H]1C42OO3. The van der Waals surface area contributed by atoms with E-state index in [4.69, 9.17) is 29.1 Å². The first-order valence-electron chi connectivity index (χ1n) is 11.0. The Morgan fingerprint density at radius 1 is 1.13 bits per heavy atom. The van der Waals surface area contributed by atoms with E-state index in [2.05, 4.69) is 13.8 Å². The van der Waals surface area contributed by atoms with E-state index in [1.54, 1.807) is 24.3 Å². The van der Waals surface area contributed by atoms with Crippen molar-refractivity contribution < 1.29 is 33.9 Å². The second-order valence-electron chi connectivity index (χ2n) is 9.59. The normalized spacial score (nSPS) is 44.9. The van der Waals surface area contributed by atoms with Gasteiger partial charge in [-0.1, -0.05) is 26.0 Å². The number of aromatic carboxylic acids is 1. The topological polar surface area (TPSA) is 83.5 Å². The van der Waals surface area contributed by atoms with Crippen LogP contribution in [0.15, 0.2) is 24.3 Å². The first-order valence-corrected chi connectivity index (χ1v) is 11.0. The van der Waals surface area contributed by atoms with E-state index in [1.165, 1.54) is 0 Å². The first kappa shape index (κ1) is 20.4. The third kappa shape index (κ3) is 3.10. The smallest absolute Gasteiger partial charge is 0.335 e. The molecule has 164 valence electrons. The fourth-order valence-corrected chi connectivity index (χ4v) is 5.98. The van der Waals surface area contributed by atoms with Crippen LogP contribution in [0, 0.1) is 23.7 Å². The highest BCUT2D eigenvalue weighted by molar-refractivity contribution is 5.87. The van der Waals surface area contributed by atoms with E-state index in [9.17, 15) is 4.79 Å². The van der Waals surface area contributed by atoms with Crippen molar-refractivity contribution in [2.24, 2.45) is 23.7 Å². The fraction of sp³-hybridized carbons (Fsp3) is 0.696. The monoisotopic (exact) mass is 418 g/mol. The summed E-state index contributed by atoms with van der Waals surface area (Å²) < 4.78 is 18.9. The molecule has 2 bridgehead atoms. The van der Waals surface area contributed by atoms with Gasteiger partial charge in [0.2, 0.25) is 5.79 Å². The number of ether oxygens (including phenoxy) is 3. The van der Waals surface area contributed by atoms with Crippen LogP contribution in [-0.4, -0.2) is 35.0 Å². The summed E-state index contributed by atoms with van der Waals surface area (Å²) in [6.45, 7) is 6.71. The maximum Gasteiger partial charge on any atom is 0.335 e. The quantitative estimate of drug-likeness (QED) is 0.737. The Kier molecular flexibility index (Phi) is 4.95. The van der Waals surface area contributed by atoms with Gasteiger partial charge in [0, 0.05) is 18.3 Å². The van der Waals surface area contributed by atoms with Crippen LogP contribution in [0.25, 0.3) is 0 Å². The maximum atomic E-state index is 11.0. The molecule has 1 saturated carbocycles. The number of rotatable bonds is 4. The molecule has 5 fully saturated rings. The first-order chi connectivity index (χ1) is 14.3. The third-order valence-electron chi connectivity index (χ3n) is 7.71. The van der Waals surface area contributed by atoms with Crippen LogP contribution in [0.4, 0.5) is 0 Å². The third-order valence-corrected chi connectivity index (χ3v) is 7.71. The highest BCUT2D eigenvalue weighted by Gasteiger charge is 2.69. The molecule has 5 aliphatic rings. The van der Waals surface area contributed by atoms with Crippen molar-refractivity contribution >= 4 is 5.97 Å². The van der Waals surface area contributed by atoms with Gasteiger partial charge in [0.05, 0.1) is 12.2 Å². The standard InChI is InChI=1S/C23H30O7/c1-13-4-9-18-14(2)20(26-12-15-5-7-16(8-6-15)19(24)25)27-21-23(18)17(13)10-11-22(3,28-21)29-30-23/h5-8,13-14,17-18,20-21H,4,9-12H2,1-3H3,(H,24,25)/t13-,14-,17?,18+,20+,21-,22+,23?/m1/s1. The highest BCUT2D eigenvalue weighted by atomic mass is 17.3. The molecule has 1 aromatic carbocycles. The van der Waals surface area contributed by atoms with Crippen molar-refractivity contribution in [3.63, 3.8) is 0 Å². The summed E-state index contributed by atoms with van der Waals surface area (Å²) >= 11 is 0. The molecule has 0 aromatic heterocycles. The Hall–Kier alpha value is -1.51. The molecule has 0 amide bonds. The average molecular weight is 418 g/mol. The zero-order valence-electron chi connectivity index (χ0n) is 17.7. The van der Waals surface area contributed by atoms with E-state index in [-0.39, 0.29) is 17.4 Å². The number of hydrogen-bond acceptors (Lipinski definition) is 6. The van der Waals surface area contributed by atoms with E-state index in [1.807, 2.05) is 6.92 Å². The molecule has 1 aliphatic carbocycles. The zero-order valence-corrected chi connectivity index (χ0v) is 17.7. The van der Waals surface area contributed by atoms with Crippen molar-refractivity contribution in [2.45, 2.75) is 77.0 Å². The molecule has 7 heteroatoms. The Balaban J connectivity index is 1.37. The molecule has 1 aromatic rings. The van der Waals surface area contributed by atoms with Crippen molar-refractivity contribution in [1.29, 1.82) is 0 Å². The summed E-state index contributed by atoms with van der Waals surface area (Å²) in [7, 11) is 0. The van der Waals surface area contributed by atoms with Gasteiger partial charge >= 0.3 is 5.97 Å². The van der Waals surface area contributed by atoms with Crippen LogP contribution in [0.5, 0.6) is 0 Å². The van der Waals surface area contributed by atoms with E-state index < -0.39 is 29.9 Å². The molecule has 4 saturated heterocycles. The van der Waals surface area contributed by atoms with Crippen LogP contribution in [-0.2, 0) is 30.6 Å². The van der Waals surface area contributed by atoms with Crippen LogP contribution in [0.1, 0.15) is 62.4 Å². The van der Waals surface area contributed by atoms with Crippen molar-refractivity contribution in [1.82, 2.24) is 0 Å². The van der Waals surface area contributed by atoms with Crippen LogP contribution >= 0.6 is 0 Å². The molecule has 0 radical (unpaired) electrons. The summed E-state index contributed by atoms with van der Waals surface area (Å²) in [5.41, 5.74) is 0.579. The van der Waals surface area contributed by atoms with Gasteiger partial charge in [0.1, 0.15) is 0 Å². The lowest BCUT2D eigenvalue weighted by Crippen LogP contribution is -2.70. The second-order valence-corrected chi connectivity index (χ2v) is 9.59. The van der Waals surface area contributed by atoms with Gasteiger partial charge in [-0.05, 0) is 55.7 Å². The minimum atomic E-state index is -0.936. The van der Waals surface area contributed by atoms with Gasteiger partial charge in [0.15, 0.2) is 18.2 Å². The van der Waals surface area contributed by atoms with Gasteiger partial charge in [-0.15, -0.1) is 0 Å². The molecule has 6 rings (SSSR count). The Morgan fingerprint density at radius 2 is 1.90 bits per heavy atom. The summed E-state index contributed by atoms with van der Waals surface area (Å²) in [6.07, 6.45) is 3.01. The molecule has 7 nitrogen and oxygen atoms in total. The molecular weight excluding hydrogens is 388 g/mol. The average Bonchev–Trinajstić information content (AvgIpc) is 2.96. The minimum Gasteiger partial charge on any atom is -0.478 e.